The van der Waals surface area contributed by atoms with E-state index in [0.717, 1.165) is 25.9 Å². The van der Waals surface area contributed by atoms with Gasteiger partial charge < -0.3 is 24.8 Å². The lowest BCUT2D eigenvalue weighted by Gasteiger charge is -2.31. The average molecular weight is 591 g/mol. The molecule has 1 fully saturated rings. The highest BCUT2D eigenvalue weighted by Crippen LogP contribution is 2.34. The summed E-state index contributed by atoms with van der Waals surface area (Å²) < 4.78 is 17.7. The van der Waals surface area contributed by atoms with Crippen molar-refractivity contribution in [3.05, 3.63) is 64.3 Å². The third-order valence-electron chi connectivity index (χ3n) is 6.27. The minimum Gasteiger partial charge on any atom is -0.595 e. The fourth-order valence-electron chi connectivity index (χ4n) is 4.26. The van der Waals surface area contributed by atoms with Crippen LogP contribution in [0.4, 0.5) is 17.1 Å². The van der Waals surface area contributed by atoms with Crippen LogP contribution >= 0.6 is 11.6 Å². The standard InChI is InChI=1S/C26H35ClN8O4S/c1-4-28-26(32-25(18-27)30-21-7-5-6-8-22(21)33-35(37)40(3)38)31-23-10-9-20(17-24(23)39-2)19-11-14-34(15-12-19)16-13-29-36/h4-10,17-19,30,33,37H,11-16H2,1-3H3,(H,31,32)/b25-18+,28-4-. The highest BCUT2D eigenvalue weighted by Gasteiger charge is 2.22. The largest absolute Gasteiger partial charge is 0.595 e. The number of hydrogen-bond donors (Lipinski definition) is 4. The lowest BCUT2D eigenvalue weighted by molar-refractivity contribution is 0.0306. The van der Waals surface area contributed by atoms with Gasteiger partial charge in [-0.1, -0.05) is 35.0 Å². The van der Waals surface area contributed by atoms with Crippen LogP contribution in [-0.4, -0.2) is 71.0 Å². The first-order valence-corrected chi connectivity index (χ1v) is 14.6. The zero-order chi connectivity index (χ0) is 28.9. The summed E-state index contributed by atoms with van der Waals surface area (Å²) >= 11 is 4.43. The first-order chi connectivity index (χ1) is 19.4. The summed E-state index contributed by atoms with van der Waals surface area (Å²) in [6, 6.07) is 13.0. The summed E-state index contributed by atoms with van der Waals surface area (Å²) in [4.78, 5) is 21.6. The second kappa shape index (κ2) is 16.2. The predicted molar refractivity (Wildman–Crippen MR) is 163 cm³/mol. The van der Waals surface area contributed by atoms with Gasteiger partial charge in [-0.15, -0.1) is 0 Å². The van der Waals surface area contributed by atoms with E-state index in [0.29, 0.717) is 46.4 Å². The van der Waals surface area contributed by atoms with Crippen molar-refractivity contribution in [1.29, 1.82) is 0 Å². The number of methoxy groups -OCH3 is 1. The van der Waals surface area contributed by atoms with Crippen molar-refractivity contribution < 1.29 is 14.5 Å². The number of aliphatic imine (C=N–C) groups is 2. The maximum atomic E-state index is 11.5. The van der Waals surface area contributed by atoms with Gasteiger partial charge in [0.2, 0.25) is 5.96 Å². The second-order valence-electron chi connectivity index (χ2n) is 8.85. The lowest BCUT2D eigenvalue weighted by atomic mass is 9.89. The van der Waals surface area contributed by atoms with Crippen LogP contribution in [0.15, 0.2) is 69.0 Å². The number of rotatable bonds is 12. The first-order valence-electron chi connectivity index (χ1n) is 12.7. The summed E-state index contributed by atoms with van der Waals surface area (Å²) in [6.07, 6.45) is 4.92. The molecule has 0 aliphatic carbocycles. The number of guanidine groups is 1. The average Bonchev–Trinajstić information content (AvgIpc) is 2.97. The SMILES string of the molecule is C\C=N/C(=N\C(=C\Cl)Nc1ccccc1NN(O)[S+](C)[O-])Nc1ccc(C2CCN(CCN=O)CC2)cc1OC. The Labute approximate surface area is 242 Å². The molecule has 12 nitrogen and oxygen atoms in total. The molecule has 0 spiro atoms. The molecule has 1 atom stereocenters. The number of halogens is 1. The Kier molecular flexibility index (Phi) is 12.7. The number of ether oxygens (including phenoxy) is 1. The van der Waals surface area contributed by atoms with E-state index in [4.69, 9.17) is 16.3 Å². The first kappa shape index (κ1) is 31.3. The molecule has 2 aromatic carbocycles. The van der Waals surface area contributed by atoms with Gasteiger partial charge >= 0.3 is 0 Å². The molecule has 1 unspecified atom stereocenters. The Balaban J connectivity index is 1.75. The number of hydrogen-bond acceptors (Lipinski definition) is 10. The molecule has 0 amide bonds. The monoisotopic (exact) mass is 590 g/mol. The number of anilines is 3. The second-order valence-corrected chi connectivity index (χ2v) is 10.3. The molecule has 216 valence electrons. The molecule has 2 aromatic rings. The number of nitrogens with one attached hydrogen (secondary N) is 3. The van der Waals surface area contributed by atoms with Crippen LogP contribution in [0.1, 0.15) is 31.2 Å². The normalized spacial score (nSPS) is 16.3. The molecule has 1 aliphatic rings. The highest BCUT2D eigenvalue weighted by molar-refractivity contribution is 7.88. The molecule has 0 radical (unpaired) electrons. The van der Waals surface area contributed by atoms with E-state index in [1.807, 2.05) is 12.1 Å². The smallest absolute Gasteiger partial charge is 0.228 e. The minimum absolute atomic E-state index is 0.258. The Morgan fingerprint density at radius 1 is 1.23 bits per heavy atom. The Morgan fingerprint density at radius 3 is 2.58 bits per heavy atom. The number of nitroso groups, excluding NO2 is 1. The van der Waals surface area contributed by atoms with Gasteiger partial charge in [0, 0.05) is 18.3 Å². The summed E-state index contributed by atoms with van der Waals surface area (Å²) in [5.41, 5.74) is 6.75. The molecule has 1 saturated heterocycles. The number of nitrogens with zero attached hydrogens (tertiary/aromatic N) is 5. The molecule has 1 heterocycles. The zero-order valence-electron chi connectivity index (χ0n) is 22.7. The van der Waals surface area contributed by atoms with Gasteiger partial charge in [-0.3, -0.25) is 10.6 Å². The van der Waals surface area contributed by atoms with Crippen LogP contribution in [0.2, 0.25) is 0 Å². The maximum Gasteiger partial charge on any atom is 0.228 e. The zero-order valence-corrected chi connectivity index (χ0v) is 24.3. The Morgan fingerprint density at radius 2 is 1.95 bits per heavy atom. The van der Waals surface area contributed by atoms with E-state index in [9.17, 15) is 14.7 Å². The van der Waals surface area contributed by atoms with E-state index in [-0.39, 0.29) is 11.8 Å². The lowest BCUT2D eigenvalue weighted by Crippen LogP contribution is -2.34. The Hall–Kier alpha value is -3.20. The summed E-state index contributed by atoms with van der Waals surface area (Å²) in [7, 11) is 1.61. The van der Waals surface area contributed by atoms with E-state index < -0.39 is 11.4 Å². The topological polar surface area (TPSA) is 149 Å². The molecule has 0 saturated carbocycles. The van der Waals surface area contributed by atoms with Crippen LogP contribution in [0.25, 0.3) is 0 Å². The van der Waals surface area contributed by atoms with Crippen molar-refractivity contribution in [1.82, 2.24) is 9.48 Å². The maximum absolute atomic E-state index is 11.5. The van der Waals surface area contributed by atoms with Crippen LogP contribution in [-0.2, 0) is 11.4 Å². The predicted octanol–water partition coefficient (Wildman–Crippen LogP) is 4.96. The summed E-state index contributed by atoms with van der Waals surface area (Å²) in [6.45, 7) is 4.65. The number of hydrazine groups is 1. The van der Waals surface area contributed by atoms with Gasteiger partial charge in [0.25, 0.3) is 0 Å². The Bertz CT molecular complexity index is 1200. The molecule has 1 aliphatic heterocycles. The van der Waals surface area contributed by atoms with E-state index in [1.165, 1.54) is 17.4 Å². The quantitative estimate of drug-likeness (QED) is 0.0884. The molecule has 4 N–H and O–H groups in total. The van der Waals surface area contributed by atoms with Crippen LogP contribution in [0, 0.1) is 4.91 Å². The van der Waals surface area contributed by atoms with Gasteiger partial charge in [0.15, 0.2) is 0 Å². The van der Waals surface area contributed by atoms with Crippen LogP contribution in [0.5, 0.6) is 5.75 Å². The molecular formula is C26H35ClN8O4S. The van der Waals surface area contributed by atoms with Gasteiger partial charge in [-0.25, -0.2) is 4.99 Å². The molecule has 40 heavy (non-hydrogen) atoms. The van der Waals surface area contributed by atoms with Crippen molar-refractivity contribution in [2.24, 2.45) is 15.2 Å². The van der Waals surface area contributed by atoms with Gasteiger partial charge in [-0.05, 0) is 68.6 Å². The third-order valence-corrected chi connectivity index (χ3v) is 7.05. The van der Waals surface area contributed by atoms with Crippen molar-refractivity contribution >= 4 is 52.2 Å². The van der Waals surface area contributed by atoms with Crippen LogP contribution in [0.3, 0.4) is 0 Å². The van der Waals surface area contributed by atoms with Gasteiger partial charge in [-0.2, -0.15) is 9.90 Å². The number of benzene rings is 2. The van der Waals surface area contributed by atoms with E-state index in [1.54, 1.807) is 44.5 Å². The summed E-state index contributed by atoms with van der Waals surface area (Å²) in [5.74, 6) is 1.57. The highest BCUT2D eigenvalue weighted by atomic mass is 35.5. The minimum atomic E-state index is -1.65. The van der Waals surface area contributed by atoms with Crippen molar-refractivity contribution in [2.45, 2.75) is 25.7 Å². The molecule has 14 heteroatoms. The third kappa shape index (κ3) is 9.18. The van der Waals surface area contributed by atoms with Gasteiger partial charge in [0.1, 0.15) is 17.8 Å². The van der Waals surface area contributed by atoms with Crippen LogP contribution < -0.4 is 20.8 Å². The number of likely N-dealkylation sites (tertiary alicyclic amines) is 1. The van der Waals surface area contributed by atoms with E-state index in [2.05, 4.69) is 42.2 Å². The summed E-state index contributed by atoms with van der Waals surface area (Å²) in [5, 5.41) is 19.1. The molecule has 0 aromatic heterocycles. The molecular weight excluding hydrogens is 556 g/mol. The fourth-order valence-corrected chi connectivity index (χ4v) is 4.59. The number of para-hydroxylation sites is 2. The fraction of sp³-hybridized carbons (Fsp3) is 0.385. The van der Waals surface area contributed by atoms with Gasteiger partial charge in [0.05, 0.1) is 46.7 Å². The molecule has 3 rings (SSSR count). The van der Waals surface area contributed by atoms with Crippen molar-refractivity contribution in [3.63, 3.8) is 0 Å². The van der Waals surface area contributed by atoms with Crippen molar-refractivity contribution in [3.8, 4) is 5.75 Å². The number of piperidine rings is 1. The van der Waals surface area contributed by atoms with E-state index >= 15 is 0 Å². The molecule has 0 bridgehead atoms. The van der Waals surface area contributed by atoms with Crippen molar-refractivity contribution in [2.75, 3.05) is 55.6 Å².